The molecule has 5 aromatic rings. The lowest BCUT2D eigenvalue weighted by Gasteiger charge is -2.27. The molecule has 3 aromatic carbocycles. The highest BCUT2D eigenvalue weighted by Gasteiger charge is 2.45. The Morgan fingerprint density at radius 3 is 2.12 bits per heavy atom. The van der Waals surface area contributed by atoms with Gasteiger partial charge in [0, 0.05) is 43.7 Å². The molecule has 4 amide bonds. The fourth-order valence-corrected chi connectivity index (χ4v) is 6.78. The lowest BCUT2D eigenvalue weighted by atomic mass is 9.91. The largest absolute Gasteiger partial charge is 0.388 e. The number of urea groups is 1. The molecule has 1 aliphatic rings. The average Bonchev–Trinajstić information content (AvgIpc) is 3.75. The van der Waals surface area contributed by atoms with Crippen molar-refractivity contribution in [1.29, 1.82) is 0 Å². The van der Waals surface area contributed by atoms with Crippen molar-refractivity contribution in [1.82, 2.24) is 40.4 Å². The Kier molecular flexibility index (Phi) is 13.2. The van der Waals surface area contributed by atoms with Gasteiger partial charge in [-0.25, -0.2) is 19.7 Å². The maximum atomic E-state index is 13.1. The van der Waals surface area contributed by atoms with E-state index in [4.69, 9.17) is 14.7 Å². The Labute approximate surface area is 325 Å². The van der Waals surface area contributed by atoms with Crippen LogP contribution in [-0.2, 0) is 16.1 Å². The van der Waals surface area contributed by atoms with Gasteiger partial charge in [-0.05, 0) is 44.0 Å². The quantitative estimate of drug-likeness (QED) is 0.0865. The highest BCUT2D eigenvalue weighted by molar-refractivity contribution is 5.94. The first kappa shape index (κ1) is 39.8. The van der Waals surface area contributed by atoms with Crippen molar-refractivity contribution in [3.05, 3.63) is 120 Å². The standard InChI is InChI=1S/C41H49N9O6/c1-4-42-33(51)22-31-35(52)36(53)40(56-31)50-25-46-34-37(44-23-30(27-14-8-5-9-15-27)28-16-10-6-11-17-28)47-32(48-38(34)50)24-45-41(55)43-20-21-49(26(2)3)39(54)29-18-12-7-13-19-29/h5-19,25-26,30-31,35-36,40,52-53H,4,20-24H2,1-3H3,(H,42,51)(H2,43,45,55)(H,44,47,48)/t31-,35+,36+,40+/m0/s1. The number of carbonyl (C=O) groups is 3. The minimum atomic E-state index is -1.38. The van der Waals surface area contributed by atoms with Gasteiger partial charge in [0.05, 0.1) is 25.4 Å². The fourth-order valence-electron chi connectivity index (χ4n) is 6.78. The number of imidazole rings is 1. The van der Waals surface area contributed by atoms with Gasteiger partial charge >= 0.3 is 6.03 Å². The molecule has 0 bridgehead atoms. The second-order valence-corrected chi connectivity index (χ2v) is 13.8. The zero-order valence-electron chi connectivity index (χ0n) is 31.7. The summed E-state index contributed by atoms with van der Waals surface area (Å²) in [6.07, 6.45) is -3.48. The number of carbonyl (C=O) groups excluding carboxylic acids is 3. The van der Waals surface area contributed by atoms with Gasteiger partial charge in [-0.15, -0.1) is 0 Å². The number of aliphatic hydroxyl groups excluding tert-OH is 2. The number of ether oxygens (including phenoxy) is 1. The molecule has 1 aliphatic heterocycles. The smallest absolute Gasteiger partial charge is 0.315 e. The zero-order valence-corrected chi connectivity index (χ0v) is 31.7. The molecule has 294 valence electrons. The van der Waals surface area contributed by atoms with Gasteiger partial charge in [0.1, 0.15) is 12.2 Å². The molecule has 0 unspecified atom stereocenters. The van der Waals surface area contributed by atoms with Crippen LogP contribution in [0.4, 0.5) is 10.6 Å². The van der Waals surface area contributed by atoms with Crippen molar-refractivity contribution < 1.29 is 29.3 Å². The first-order chi connectivity index (χ1) is 27.1. The van der Waals surface area contributed by atoms with Crippen molar-refractivity contribution in [2.45, 2.75) is 70.2 Å². The van der Waals surface area contributed by atoms with Crippen LogP contribution in [-0.4, -0.2) is 103 Å². The minimum absolute atomic E-state index is 0.0545. The fraction of sp³-hybridized carbons (Fsp3) is 0.366. The maximum absolute atomic E-state index is 13.1. The Morgan fingerprint density at radius 1 is 0.857 bits per heavy atom. The summed E-state index contributed by atoms with van der Waals surface area (Å²) in [7, 11) is 0. The minimum Gasteiger partial charge on any atom is -0.388 e. The van der Waals surface area contributed by atoms with Gasteiger partial charge in [0.25, 0.3) is 5.91 Å². The molecule has 0 spiro atoms. The molecule has 1 fully saturated rings. The molecule has 15 nitrogen and oxygen atoms in total. The van der Waals surface area contributed by atoms with Crippen molar-refractivity contribution in [2.75, 3.05) is 31.5 Å². The number of anilines is 1. The van der Waals surface area contributed by atoms with Crippen molar-refractivity contribution in [3.8, 4) is 0 Å². The molecule has 2 aromatic heterocycles. The van der Waals surface area contributed by atoms with Crippen LogP contribution in [0.1, 0.15) is 66.6 Å². The number of aliphatic hydroxyl groups is 2. The predicted octanol–water partition coefficient (Wildman–Crippen LogP) is 3.57. The summed E-state index contributed by atoms with van der Waals surface area (Å²) in [6, 6.07) is 28.6. The number of rotatable bonds is 16. The summed E-state index contributed by atoms with van der Waals surface area (Å²) < 4.78 is 7.55. The molecule has 15 heteroatoms. The van der Waals surface area contributed by atoms with E-state index >= 15 is 0 Å². The van der Waals surface area contributed by atoms with Crippen LogP contribution in [0.25, 0.3) is 11.2 Å². The van der Waals surface area contributed by atoms with Crippen molar-refractivity contribution in [2.24, 2.45) is 0 Å². The van der Waals surface area contributed by atoms with Crippen LogP contribution in [0, 0.1) is 0 Å². The van der Waals surface area contributed by atoms with E-state index in [0.717, 1.165) is 11.1 Å². The topological polar surface area (TPSA) is 196 Å². The third kappa shape index (κ3) is 9.48. The molecular formula is C41H49N9O6. The van der Waals surface area contributed by atoms with E-state index in [1.165, 1.54) is 10.9 Å². The van der Waals surface area contributed by atoms with E-state index in [1.807, 2.05) is 68.4 Å². The third-order valence-corrected chi connectivity index (χ3v) is 9.67. The van der Waals surface area contributed by atoms with Crippen LogP contribution in [0.5, 0.6) is 0 Å². The normalized spacial score (nSPS) is 17.9. The molecule has 0 aliphatic carbocycles. The third-order valence-electron chi connectivity index (χ3n) is 9.67. The number of nitrogens with zero attached hydrogens (tertiary/aromatic N) is 5. The highest BCUT2D eigenvalue weighted by atomic mass is 16.6. The number of hydrogen-bond donors (Lipinski definition) is 6. The SMILES string of the molecule is CCNC(=O)C[C@@H]1O[C@@H](n2cnc3c(NCC(c4ccccc4)c4ccccc4)nc(CNC(=O)NCCN(C(=O)c4ccccc4)C(C)C)nc32)[C@H](O)[C@@H]1O. The predicted molar refractivity (Wildman–Crippen MR) is 211 cm³/mol. The molecule has 1 saturated heterocycles. The van der Waals surface area contributed by atoms with E-state index in [1.54, 1.807) is 24.0 Å². The summed E-state index contributed by atoms with van der Waals surface area (Å²) in [5.74, 6) is 0.138. The Morgan fingerprint density at radius 2 is 1.50 bits per heavy atom. The second kappa shape index (κ2) is 18.6. The first-order valence-electron chi connectivity index (χ1n) is 18.9. The number of aromatic nitrogens is 4. The molecule has 56 heavy (non-hydrogen) atoms. The Balaban J connectivity index is 1.22. The van der Waals surface area contributed by atoms with Gasteiger partial charge in [-0.2, -0.15) is 0 Å². The van der Waals surface area contributed by atoms with Gasteiger partial charge in [-0.3, -0.25) is 14.2 Å². The van der Waals surface area contributed by atoms with E-state index in [2.05, 4.69) is 50.5 Å². The monoisotopic (exact) mass is 763 g/mol. The molecule has 6 rings (SSSR count). The number of nitrogens with one attached hydrogen (secondary N) is 4. The van der Waals surface area contributed by atoms with E-state index in [9.17, 15) is 24.6 Å². The molecule has 0 radical (unpaired) electrons. The van der Waals surface area contributed by atoms with E-state index < -0.39 is 30.6 Å². The summed E-state index contributed by atoms with van der Waals surface area (Å²) >= 11 is 0. The highest BCUT2D eigenvalue weighted by Crippen LogP contribution is 2.34. The number of hydrogen-bond acceptors (Lipinski definition) is 10. The van der Waals surface area contributed by atoms with Crippen LogP contribution in [0.15, 0.2) is 97.3 Å². The van der Waals surface area contributed by atoms with Gasteiger partial charge in [0.15, 0.2) is 29.0 Å². The van der Waals surface area contributed by atoms with E-state index in [0.29, 0.717) is 36.5 Å². The Bertz CT molecular complexity index is 2030. The van der Waals surface area contributed by atoms with Crippen molar-refractivity contribution in [3.63, 3.8) is 0 Å². The average molecular weight is 764 g/mol. The summed E-state index contributed by atoms with van der Waals surface area (Å²) in [5, 5.41) is 33.7. The first-order valence-corrected chi connectivity index (χ1v) is 18.9. The number of amides is 4. The van der Waals surface area contributed by atoms with Gasteiger partial charge in [0.2, 0.25) is 5.91 Å². The number of fused-ring (bicyclic) bond motifs is 1. The van der Waals surface area contributed by atoms with Crippen LogP contribution in [0.3, 0.4) is 0 Å². The van der Waals surface area contributed by atoms with Crippen LogP contribution < -0.4 is 21.3 Å². The summed E-state index contributed by atoms with van der Waals surface area (Å²) in [4.78, 5) is 54.3. The molecule has 6 N–H and O–H groups in total. The second-order valence-electron chi connectivity index (χ2n) is 13.8. The summed E-state index contributed by atoms with van der Waals surface area (Å²) in [5.41, 5.74) is 3.43. The zero-order chi connectivity index (χ0) is 39.6. The molecule has 4 atom stereocenters. The molecule has 3 heterocycles. The Hall–Kier alpha value is -5.90. The molecular weight excluding hydrogens is 715 g/mol. The lowest BCUT2D eigenvalue weighted by molar-refractivity contribution is -0.125. The molecule has 0 saturated carbocycles. The van der Waals surface area contributed by atoms with Crippen LogP contribution in [0.2, 0.25) is 0 Å². The van der Waals surface area contributed by atoms with Gasteiger partial charge in [-0.1, -0.05) is 78.9 Å². The van der Waals surface area contributed by atoms with Crippen molar-refractivity contribution >= 4 is 34.8 Å². The lowest BCUT2D eigenvalue weighted by Crippen LogP contribution is -2.44. The number of benzene rings is 3. The van der Waals surface area contributed by atoms with E-state index in [-0.39, 0.29) is 54.8 Å². The summed E-state index contributed by atoms with van der Waals surface area (Å²) in [6.45, 7) is 6.92. The van der Waals surface area contributed by atoms with Gasteiger partial charge < -0.3 is 41.1 Å². The maximum Gasteiger partial charge on any atom is 0.315 e. The van der Waals surface area contributed by atoms with Crippen LogP contribution >= 0.6 is 0 Å².